The normalized spacial score (nSPS) is 10.6. The average molecular weight is 177 g/mol. The lowest BCUT2D eigenvalue weighted by molar-refractivity contribution is 0.781. The van der Waals surface area contributed by atoms with Crippen LogP contribution >= 0.6 is 0 Å². The summed E-state index contributed by atoms with van der Waals surface area (Å²) in [7, 11) is 1.80. The highest BCUT2D eigenvalue weighted by Gasteiger charge is 2.06. The summed E-state index contributed by atoms with van der Waals surface area (Å²) in [5.41, 5.74) is 8.28. The van der Waals surface area contributed by atoms with Crippen LogP contribution in [0.1, 0.15) is 5.69 Å². The van der Waals surface area contributed by atoms with Gasteiger partial charge in [0.1, 0.15) is 17.2 Å². The van der Waals surface area contributed by atoms with E-state index in [0.717, 1.165) is 17.1 Å². The van der Waals surface area contributed by atoms with Gasteiger partial charge in [-0.1, -0.05) is 0 Å². The van der Waals surface area contributed by atoms with Gasteiger partial charge >= 0.3 is 0 Å². The molecule has 0 aliphatic carbocycles. The number of anilines is 1. The first kappa shape index (κ1) is 7.85. The highest BCUT2D eigenvalue weighted by Crippen LogP contribution is 2.17. The number of nitrogens with one attached hydrogen (secondary N) is 1. The van der Waals surface area contributed by atoms with Crippen LogP contribution in [0.3, 0.4) is 0 Å². The van der Waals surface area contributed by atoms with Crippen molar-refractivity contribution in [1.29, 1.82) is 0 Å². The maximum Gasteiger partial charge on any atom is 0.122 e. The summed E-state index contributed by atoms with van der Waals surface area (Å²) in [6, 6.07) is 3.73. The van der Waals surface area contributed by atoms with E-state index in [0.29, 0.717) is 5.82 Å². The van der Waals surface area contributed by atoms with Crippen LogP contribution in [0, 0.1) is 6.92 Å². The molecule has 68 valence electrons. The maximum atomic E-state index is 5.65. The van der Waals surface area contributed by atoms with Gasteiger partial charge in [0.15, 0.2) is 0 Å². The summed E-state index contributed by atoms with van der Waals surface area (Å²) < 4.78 is 1.62. The number of H-pyrrole nitrogens is 1. The fraction of sp³-hybridized carbons (Fsp3) is 0.250. The molecule has 0 saturated heterocycles. The highest BCUT2D eigenvalue weighted by molar-refractivity contribution is 5.58. The van der Waals surface area contributed by atoms with Gasteiger partial charge in [-0.25, -0.2) is 0 Å². The molecule has 0 bridgehead atoms. The number of hydrogen-bond donors (Lipinski definition) is 2. The predicted octanol–water partition coefficient (Wildman–Crippen LogP) is 0.701. The number of nitrogens with zero attached hydrogens (tertiary/aromatic N) is 3. The average Bonchev–Trinajstić information content (AvgIpc) is 2.61. The Morgan fingerprint density at radius 2 is 2.15 bits per heavy atom. The zero-order valence-electron chi connectivity index (χ0n) is 7.57. The first-order valence-electron chi connectivity index (χ1n) is 3.99. The van der Waals surface area contributed by atoms with E-state index >= 15 is 0 Å². The molecule has 0 aromatic carbocycles. The van der Waals surface area contributed by atoms with Crippen molar-refractivity contribution in [2.75, 3.05) is 5.73 Å². The topological polar surface area (TPSA) is 72.5 Å². The Morgan fingerprint density at radius 1 is 1.38 bits per heavy atom. The van der Waals surface area contributed by atoms with Crippen LogP contribution in [-0.2, 0) is 7.05 Å². The first-order valence-corrected chi connectivity index (χ1v) is 3.99. The van der Waals surface area contributed by atoms with Crippen molar-refractivity contribution in [3.8, 4) is 11.4 Å². The van der Waals surface area contributed by atoms with E-state index in [4.69, 9.17) is 5.73 Å². The second-order valence-corrected chi connectivity index (χ2v) is 3.01. The van der Waals surface area contributed by atoms with E-state index < -0.39 is 0 Å². The van der Waals surface area contributed by atoms with Gasteiger partial charge in [0, 0.05) is 18.8 Å². The van der Waals surface area contributed by atoms with E-state index in [1.807, 2.05) is 13.0 Å². The van der Waals surface area contributed by atoms with Gasteiger partial charge in [0.05, 0.1) is 0 Å². The zero-order valence-corrected chi connectivity index (χ0v) is 7.57. The van der Waals surface area contributed by atoms with Crippen LogP contribution in [0.2, 0.25) is 0 Å². The quantitative estimate of drug-likeness (QED) is 0.673. The SMILES string of the molecule is Cc1cc(-c2cc(N)n(C)n2)n[nH]1. The molecular formula is C8H11N5. The van der Waals surface area contributed by atoms with Gasteiger partial charge < -0.3 is 5.73 Å². The van der Waals surface area contributed by atoms with Crippen molar-refractivity contribution >= 4 is 5.82 Å². The molecule has 0 unspecified atom stereocenters. The minimum Gasteiger partial charge on any atom is -0.384 e. The first-order chi connectivity index (χ1) is 6.16. The number of aryl methyl sites for hydroxylation is 2. The lowest BCUT2D eigenvalue weighted by atomic mass is 10.3. The Morgan fingerprint density at radius 3 is 2.62 bits per heavy atom. The van der Waals surface area contributed by atoms with E-state index in [9.17, 15) is 0 Å². The zero-order chi connectivity index (χ0) is 9.42. The van der Waals surface area contributed by atoms with Gasteiger partial charge in [0.25, 0.3) is 0 Å². The van der Waals surface area contributed by atoms with Gasteiger partial charge in [-0.05, 0) is 13.0 Å². The van der Waals surface area contributed by atoms with Gasteiger partial charge in [-0.2, -0.15) is 10.2 Å². The molecule has 0 amide bonds. The van der Waals surface area contributed by atoms with E-state index in [-0.39, 0.29) is 0 Å². The Balaban J connectivity index is 2.46. The lowest BCUT2D eigenvalue weighted by Crippen LogP contribution is -1.96. The van der Waals surface area contributed by atoms with E-state index in [2.05, 4.69) is 15.3 Å². The number of nitrogens with two attached hydrogens (primary N) is 1. The lowest BCUT2D eigenvalue weighted by Gasteiger charge is -1.88. The molecule has 0 spiro atoms. The Kier molecular flexibility index (Phi) is 1.58. The van der Waals surface area contributed by atoms with Crippen LogP contribution < -0.4 is 5.73 Å². The largest absolute Gasteiger partial charge is 0.384 e. The molecule has 0 radical (unpaired) electrons. The van der Waals surface area contributed by atoms with Gasteiger partial charge in [0.2, 0.25) is 0 Å². The molecule has 0 atom stereocenters. The Labute approximate surface area is 75.6 Å². The molecule has 0 saturated carbocycles. The van der Waals surface area contributed by atoms with E-state index in [1.165, 1.54) is 0 Å². The standard InChI is InChI=1S/C8H11N5/c1-5-3-6(11-10-5)7-4-8(9)13(2)12-7/h3-4H,9H2,1-2H3,(H,10,11). The third kappa shape index (κ3) is 1.28. The maximum absolute atomic E-state index is 5.65. The molecule has 2 heterocycles. The third-order valence-electron chi connectivity index (χ3n) is 1.88. The summed E-state index contributed by atoms with van der Waals surface area (Å²) in [6.07, 6.45) is 0. The minimum atomic E-state index is 0.635. The molecule has 5 heteroatoms. The van der Waals surface area contributed by atoms with Crippen LogP contribution in [-0.4, -0.2) is 20.0 Å². The molecule has 13 heavy (non-hydrogen) atoms. The van der Waals surface area contributed by atoms with Crippen molar-refractivity contribution in [3.63, 3.8) is 0 Å². The molecule has 2 aromatic rings. The number of aromatic amines is 1. The number of aromatic nitrogens is 4. The predicted molar refractivity (Wildman–Crippen MR) is 49.9 cm³/mol. The van der Waals surface area contributed by atoms with Crippen molar-refractivity contribution < 1.29 is 0 Å². The molecule has 3 N–H and O–H groups in total. The van der Waals surface area contributed by atoms with Crippen LogP contribution in [0.25, 0.3) is 11.4 Å². The number of nitrogen functional groups attached to an aromatic ring is 1. The Hall–Kier alpha value is -1.78. The van der Waals surface area contributed by atoms with Crippen LogP contribution in [0.15, 0.2) is 12.1 Å². The molecule has 0 aliphatic rings. The van der Waals surface area contributed by atoms with Crippen LogP contribution in [0.5, 0.6) is 0 Å². The summed E-state index contributed by atoms with van der Waals surface area (Å²) >= 11 is 0. The smallest absolute Gasteiger partial charge is 0.122 e. The van der Waals surface area contributed by atoms with Crippen LogP contribution in [0.4, 0.5) is 5.82 Å². The van der Waals surface area contributed by atoms with Crippen molar-refractivity contribution in [3.05, 3.63) is 17.8 Å². The summed E-state index contributed by atoms with van der Waals surface area (Å²) in [6.45, 7) is 1.95. The second-order valence-electron chi connectivity index (χ2n) is 3.01. The fourth-order valence-corrected chi connectivity index (χ4v) is 1.16. The van der Waals surface area contributed by atoms with Crippen molar-refractivity contribution in [2.24, 2.45) is 7.05 Å². The molecule has 2 rings (SSSR count). The summed E-state index contributed by atoms with van der Waals surface area (Å²) in [5, 5.41) is 11.1. The molecule has 2 aromatic heterocycles. The number of rotatable bonds is 1. The molecule has 0 fully saturated rings. The minimum absolute atomic E-state index is 0.635. The van der Waals surface area contributed by atoms with Crippen molar-refractivity contribution in [2.45, 2.75) is 6.92 Å². The van der Waals surface area contributed by atoms with Crippen molar-refractivity contribution in [1.82, 2.24) is 20.0 Å². The summed E-state index contributed by atoms with van der Waals surface area (Å²) in [4.78, 5) is 0. The Bertz CT molecular complexity index is 406. The second kappa shape index (κ2) is 2.62. The van der Waals surface area contributed by atoms with Gasteiger partial charge in [-0.3, -0.25) is 9.78 Å². The molecule has 0 aliphatic heterocycles. The van der Waals surface area contributed by atoms with E-state index in [1.54, 1.807) is 17.8 Å². The monoisotopic (exact) mass is 177 g/mol. The molecular weight excluding hydrogens is 166 g/mol. The van der Waals surface area contributed by atoms with Gasteiger partial charge in [-0.15, -0.1) is 0 Å². The summed E-state index contributed by atoms with van der Waals surface area (Å²) in [5.74, 6) is 0.635. The molecule has 5 nitrogen and oxygen atoms in total. The highest BCUT2D eigenvalue weighted by atomic mass is 15.3. The fourth-order valence-electron chi connectivity index (χ4n) is 1.16. The number of hydrogen-bond acceptors (Lipinski definition) is 3. The third-order valence-corrected chi connectivity index (χ3v) is 1.88.